The number of nitriles is 1. The van der Waals surface area contributed by atoms with Crippen LogP contribution in [0.5, 0.6) is 0 Å². The summed E-state index contributed by atoms with van der Waals surface area (Å²) in [6.07, 6.45) is 4.00. The summed E-state index contributed by atoms with van der Waals surface area (Å²) in [5, 5.41) is 9.41. The molecule has 0 aliphatic carbocycles. The highest BCUT2D eigenvalue weighted by Crippen LogP contribution is 2.24. The minimum atomic E-state index is 0.736. The first-order valence-corrected chi connectivity index (χ1v) is 7.78. The van der Waals surface area contributed by atoms with Crippen molar-refractivity contribution >= 4 is 28.5 Å². The minimum Gasteiger partial charge on any atom is -0.322 e. The van der Waals surface area contributed by atoms with Crippen molar-refractivity contribution in [3.05, 3.63) is 63.1 Å². The van der Waals surface area contributed by atoms with Crippen LogP contribution in [0.1, 0.15) is 16.0 Å². The Hall–Kier alpha value is -1.80. The Kier molecular flexibility index (Phi) is 3.98. The Balaban J connectivity index is 1.82. The number of hydrogen-bond acceptors (Lipinski definition) is 3. The van der Waals surface area contributed by atoms with Crippen LogP contribution in [-0.4, -0.2) is 16.3 Å². The van der Waals surface area contributed by atoms with Crippen LogP contribution in [0.15, 0.2) is 42.7 Å². The van der Waals surface area contributed by atoms with E-state index in [0.29, 0.717) is 0 Å². The van der Waals surface area contributed by atoms with E-state index in [-0.39, 0.29) is 0 Å². The Morgan fingerprint density at radius 2 is 2.14 bits per heavy atom. The third kappa shape index (κ3) is 2.96. The maximum Gasteiger partial charge on any atom is 0.102 e. The zero-order chi connectivity index (χ0) is 14.8. The Labute approximate surface area is 132 Å². The van der Waals surface area contributed by atoms with Crippen LogP contribution >= 0.6 is 22.9 Å². The van der Waals surface area contributed by atoms with Gasteiger partial charge in [0.05, 0.1) is 15.4 Å². The van der Waals surface area contributed by atoms with Crippen molar-refractivity contribution in [2.75, 3.05) is 7.05 Å². The van der Waals surface area contributed by atoms with Crippen LogP contribution < -0.4 is 0 Å². The van der Waals surface area contributed by atoms with Crippen molar-refractivity contribution in [2.45, 2.75) is 13.1 Å². The molecule has 0 saturated carbocycles. The first kappa shape index (κ1) is 14.2. The fourth-order valence-corrected chi connectivity index (χ4v) is 3.64. The first-order valence-electron chi connectivity index (χ1n) is 6.59. The van der Waals surface area contributed by atoms with Gasteiger partial charge in [-0.05, 0) is 31.3 Å². The van der Waals surface area contributed by atoms with Gasteiger partial charge in [0.15, 0.2) is 0 Å². The van der Waals surface area contributed by atoms with Crippen molar-refractivity contribution in [1.29, 1.82) is 5.26 Å². The summed E-state index contributed by atoms with van der Waals surface area (Å²) < 4.78 is 2.81. The second kappa shape index (κ2) is 5.90. The van der Waals surface area contributed by atoms with E-state index in [4.69, 9.17) is 11.6 Å². The van der Waals surface area contributed by atoms with Gasteiger partial charge >= 0.3 is 0 Å². The van der Waals surface area contributed by atoms with E-state index in [2.05, 4.69) is 18.0 Å². The van der Waals surface area contributed by atoms with Crippen molar-refractivity contribution in [1.82, 2.24) is 9.30 Å². The number of halogens is 1. The number of pyridine rings is 1. The molecule has 3 aromatic rings. The number of rotatable bonds is 4. The first-order chi connectivity index (χ1) is 10.2. The summed E-state index contributed by atoms with van der Waals surface area (Å²) in [4.78, 5) is 3.42. The molecule has 3 rings (SSSR count). The molecule has 5 heteroatoms. The number of thiophene rings is 1. The molecule has 0 aliphatic heterocycles. The molecule has 0 radical (unpaired) electrons. The lowest BCUT2D eigenvalue weighted by atomic mass is 10.1. The molecular formula is C16H14ClN3S. The standard InChI is InChI=1S/C16H14ClN3S/c1-19(11-13-5-6-16(17)21-13)9-12-10-20-7-3-2-4-15(20)14(12)8-18/h2-7,10H,9,11H2,1H3. The fourth-order valence-electron chi connectivity index (χ4n) is 2.48. The molecule has 0 aliphatic rings. The summed E-state index contributed by atoms with van der Waals surface area (Å²) in [6, 6.07) is 12.2. The molecule has 3 heterocycles. The lowest BCUT2D eigenvalue weighted by Gasteiger charge is -2.14. The third-order valence-electron chi connectivity index (χ3n) is 3.37. The van der Waals surface area contributed by atoms with E-state index in [0.717, 1.165) is 34.1 Å². The van der Waals surface area contributed by atoms with Crippen molar-refractivity contribution in [3.63, 3.8) is 0 Å². The molecule has 0 N–H and O–H groups in total. The SMILES string of the molecule is CN(Cc1ccc(Cl)s1)Cc1cn2ccccc2c1C#N. The zero-order valence-electron chi connectivity index (χ0n) is 11.6. The highest BCUT2D eigenvalue weighted by atomic mass is 35.5. The maximum absolute atomic E-state index is 9.41. The van der Waals surface area contributed by atoms with E-state index in [1.165, 1.54) is 4.88 Å². The monoisotopic (exact) mass is 315 g/mol. The molecule has 21 heavy (non-hydrogen) atoms. The lowest BCUT2D eigenvalue weighted by molar-refractivity contribution is 0.322. The lowest BCUT2D eigenvalue weighted by Crippen LogP contribution is -2.16. The van der Waals surface area contributed by atoms with Crippen LogP contribution in [0.3, 0.4) is 0 Å². The van der Waals surface area contributed by atoms with Crippen LogP contribution in [0, 0.1) is 11.3 Å². The average Bonchev–Trinajstić information content (AvgIpc) is 3.01. The van der Waals surface area contributed by atoms with Gasteiger partial charge in [-0.2, -0.15) is 5.26 Å². The van der Waals surface area contributed by atoms with Gasteiger partial charge in [-0.15, -0.1) is 11.3 Å². The molecule has 0 fully saturated rings. The van der Waals surface area contributed by atoms with Gasteiger partial charge in [0.2, 0.25) is 0 Å². The summed E-state index contributed by atoms with van der Waals surface area (Å²) in [7, 11) is 2.05. The number of aromatic nitrogens is 1. The normalized spacial score (nSPS) is 11.1. The van der Waals surface area contributed by atoms with Gasteiger partial charge in [0.1, 0.15) is 6.07 Å². The smallest absolute Gasteiger partial charge is 0.102 e. The largest absolute Gasteiger partial charge is 0.322 e. The highest BCUT2D eigenvalue weighted by molar-refractivity contribution is 7.16. The summed E-state index contributed by atoms with van der Waals surface area (Å²) in [5.41, 5.74) is 2.77. The van der Waals surface area contributed by atoms with Crippen molar-refractivity contribution < 1.29 is 0 Å². The molecule has 0 bridgehead atoms. The molecule has 0 atom stereocenters. The number of fused-ring (bicyclic) bond motifs is 1. The molecule has 0 amide bonds. The molecule has 0 spiro atoms. The van der Waals surface area contributed by atoms with E-state index in [1.54, 1.807) is 11.3 Å². The molecule has 106 valence electrons. The molecule has 3 aromatic heterocycles. The van der Waals surface area contributed by atoms with E-state index in [9.17, 15) is 5.26 Å². The molecule has 0 unspecified atom stereocenters. The van der Waals surface area contributed by atoms with Gasteiger partial charge in [-0.25, -0.2) is 0 Å². The number of hydrogen-bond donors (Lipinski definition) is 0. The van der Waals surface area contributed by atoms with Crippen molar-refractivity contribution in [2.24, 2.45) is 0 Å². The number of nitrogens with zero attached hydrogens (tertiary/aromatic N) is 3. The van der Waals surface area contributed by atoms with Gasteiger partial charge in [-0.1, -0.05) is 17.7 Å². The van der Waals surface area contributed by atoms with Crippen LogP contribution in [0.25, 0.3) is 5.52 Å². The van der Waals surface area contributed by atoms with Gasteiger partial charge in [0.25, 0.3) is 0 Å². The third-order valence-corrected chi connectivity index (χ3v) is 4.58. The van der Waals surface area contributed by atoms with E-state index < -0.39 is 0 Å². The van der Waals surface area contributed by atoms with E-state index >= 15 is 0 Å². The van der Waals surface area contributed by atoms with Gasteiger partial charge < -0.3 is 4.40 Å². The van der Waals surface area contributed by atoms with Crippen LogP contribution in [0.4, 0.5) is 0 Å². The summed E-state index contributed by atoms with van der Waals surface area (Å²) in [6.45, 7) is 1.56. The predicted octanol–water partition coefficient (Wildman–Crippen LogP) is 4.16. The summed E-state index contributed by atoms with van der Waals surface area (Å²) in [5.74, 6) is 0. The second-order valence-corrected chi connectivity index (χ2v) is 6.81. The van der Waals surface area contributed by atoms with E-state index in [1.807, 2.05) is 47.1 Å². The van der Waals surface area contributed by atoms with Crippen LogP contribution in [0.2, 0.25) is 4.34 Å². The Morgan fingerprint density at radius 1 is 1.29 bits per heavy atom. The topological polar surface area (TPSA) is 31.4 Å². The maximum atomic E-state index is 9.41. The molecule has 3 nitrogen and oxygen atoms in total. The average molecular weight is 316 g/mol. The highest BCUT2D eigenvalue weighted by Gasteiger charge is 2.12. The van der Waals surface area contributed by atoms with Gasteiger partial charge in [0, 0.05) is 35.9 Å². The fraction of sp³-hybridized carbons (Fsp3) is 0.188. The molecule has 0 aromatic carbocycles. The zero-order valence-corrected chi connectivity index (χ0v) is 13.2. The van der Waals surface area contributed by atoms with Crippen LogP contribution in [-0.2, 0) is 13.1 Å². The Morgan fingerprint density at radius 3 is 2.86 bits per heavy atom. The van der Waals surface area contributed by atoms with Gasteiger partial charge in [-0.3, -0.25) is 4.90 Å². The molecular weight excluding hydrogens is 302 g/mol. The quantitative estimate of drug-likeness (QED) is 0.724. The predicted molar refractivity (Wildman–Crippen MR) is 86.6 cm³/mol. The molecule has 0 saturated heterocycles. The Bertz CT molecular complexity index is 812. The van der Waals surface area contributed by atoms with Crippen molar-refractivity contribution in [3.8, 4) is 6.07 Å². The second-order valence-electron chi connectivity index (χ2n) is 5.01. The summed E-state index contributed by atoms with van der Waals surface area (Å²) >= 11 is 7.55. The minimum absolute atomic E-state index is 0.736.